The van der Waals surface area contributed by atoms with E-state index in [4.69, 9.17) is 10.2 Å². The third-order valence-corrected chi connectivity index (χ3v) is 3.38. The van der Waals surface area contributed by atoms with Crippen LogP contribution >= 0.6 is 11.8 Å². The Balaban J connectivity index is 2.53. The number of carbonyl (C=O) groups is 1. The van der Waals surface area contributed by atoms with Crippen LogP contribution in [0.25, 0.3) is 0 Å². The Morgan fingerprint density at radius 3 is 2.29 bits per heavy atom. The highest BCUT2D eigenvalue weighted by Crippen LogP contribution is 2.21. The molecule has 0 fully saturated rings. The number of hydrogen-bond acceptors (Lipinski definition) is 4. The van der Waals surface area contributed by atoms with Crippen molar-refractivity contribution >= 4 is 17.5 Å². The third-order valence-electron chi connectivity index (χ3n) is 2.34. The summed E-state index contributed by atoms with van der Waals surface area (Å²) in [5.41, 5.74) is 0.327. The van der Waals surface area contributed by atoms with Crippen LogP contribution in [-0.4, -0.2) is 28.0 Å². The van der Waals surface area contributed by atoms with E-state index >= 15 is 0 Å². The molecule has 1 aromatic carbocycles. The minimum atomic E-state index is -1.92. The highest BCUT2D eigenvalue weighted by atomic mass is 32.2. The van der Waals surface area contributed by atoms with E-state index in [9.17, 15) is 4.79 Å². The second kappa shape index (κ2) is 6.79. The number of aliphatic hydroxyl groups excluding tert-OH is 1. The van der Waals surface area contributed by atoms with Gasteiger partial charge in [-0.15, -0.1) is 11.8 Å². The SMILES string of the molecule is CC(C)CCSc1ccc(C(=O)C(O)O)cc1. The summed E-state index contributed by atoms with van der Waals surface area (Å²) in [7, 11) is 0. The molecule has 0 heterocycles. The van der Waals surface area contributed by atoms with E-state index in [-0.39, 0.29) is 0 Å². The van der Waals surface area contributed by atoms with Crippen LogP contribution in [-0.2, 0) is 0 Å². The molecule has 2 N–H and O–H groups in total. The first-order chi connectivity index (χ1) is 8.00. The zero-order chi connectivity index (χ0) is 12.8. The smallest absolute Gasteiger partial charge is 0.218 e. The van der Waals surface area contributed by atoms with Crippen LogP contribution < -0.4 is 0 Å². The number of hydrogen-bond donors (Lipinski definition) is 2. The largest absolute Gasteiger partial charge is 0.362 e. The number of Topliss-reactive ketones (excluding diaryl/α,β-unsaturated/α-hetero) is 1. The van der Waals surface area contributed by atoms with Crippen molar-refractivity contribution in [3.8, 4) is 0 Å². The van der Waals surface area contributed by atoms with E-state index in [1.807, 2.05) is 12.1 Å². The fourth-order valence-electron chi connectivity index (χ4n) is 1.28. The average Bonchev–Trinajstić information content (AvgIpc) is 2.28. The van der Waals surface area contributed by atoms with Crippen molar-refractivity contribution in [1.82, 2.24) is 0 Å². The Morgan fingerprint density at radius 1 is 1.24 bits per heavy atom. The lowest BCUT2D eigenvalue weighted by Crippen LogP contribution is -2.19. The van der Waals surface area contributed by atoms with Crippen molar-refractivity contribution in [3.63, 3.8) is 0 Å². The molecule has 0 saturated heterocycles. The molecular formula is C13H18O3S. The maximum Gasteiger partial charge on any atom is 0.218 e. The molecule has 0 saturated carbocycles. The normalized spacial score (nSPS) is 11.2. The predicted octanol–water partition coefficient (Wildman–Crippen LogP) is 2.32. The molecule has 0 aromatic heterocycles. The quantitative estimate of drug-likeness (QED) is 0.465. The number of benzene rings is 1. The zero-order valence-electron chi connectivity index (χ0n) is 10.1. The van der Waals surface area contributed by atoms with Crippen molar-refractivity contribution in [1.29, 1.82) is 0 Å². The highest BCUT2D eigenvalue weighted by molar-refractivity contribution is 7.99. The molecule has 3 nitrogen and oxygen atoms in total. The summed E-state index contributed by atoms with van der Waals surface area (Å²) in [6.07, 6.45) is -0.768. The van der Waals surface area contributed by atoms with Gasteiger partial charge in [0.25, 0.3) is 0 Å². The Bertz CT molecular complexity index is 357. The van der Waals surface area contributed by atoms with Crippen LogP contribution in [0, 0.1) is 5.92 Å². The van der Waals surface area contributed by atoms with Gasteiger partial charge in [-0.05, 0) is 30.2 Å². The Labute approximate surface area is 106 Å². The van der Waals surface area contributed by atoms with Gasteiger partial charge in [0.15, 0.2) is 0 Å². The first kappa shape index (κ1) is 14.2. The van der Waals surface area contributed by atoms with E-state index in [0.29, 0.717) is 11.5 Å². The van der Waals surface area contributed by atoms with Gasteiger partial charge in [0.1, 0.15) is 0 Å². The lowest BCUT2D eigenvalue weighted by atomic mass is 10.1. The topological polar surface area (TPSA) is 57.5 Å². The molecular weight excluding hydrogens is 236 g/mol. The van der Waals surface area contributed by atoms with Crippen LogP contribution in [0.2, 0.25) is 0 Å². The summed E-state index contributed by atoms with van der Waals surface area (Å²) in [5, 5.41) is 17.5. The lowest BCUT2D eigenvalue weighted by Gasteiger charge is -2.06. The van der Waals surface area contributed by atoms with E-state index in [1.54, 1.807) is 23.9 Å². The molecule has 1 aromatic rings. The Morgan fingerprint density at radius 2 is 1.82 bits per heavy atom. The van der Waals surface area contributed by atoms with E-state index in [1.165, 1.54) is 0 Å². The predicted molar refractivity (Wildman–Crippen MR) is 69.2 cm³/mol. The molecule has 0 bridgehead atoms. The summed E-state index contributed by atoms with van der Waals surface area (Å²) in [6.45, 7) is 4.37. The van der Waals surface area contributed by atoms with Crippen LogP contribution in [0.5, 0.6) is 0 Å². The summed E-state index contributed by atoms with van der Waals surface area (Å²) in [6, 6.07) is 6.92. The van der Waals surface area contributed by atoms with Gasteiger partial charge >= 0.3 is 0 Å². The van der Waals surface area contributed by atoms with Crippen molar-refractivity contribution in [3.05, 3.63) is 29.8 Å². The average molecular weight is 254 g/mol. The Kier molecular flexibility index (Phi) is 5.68. The molecule has 0 aliphatic heterocycles. The van der Waals surface area contributed by atoms with Crippen LogP contribution in [0.1, 0.15) is 30.6 Å². The molecule has 0 radical (unpaired) electrons. The molecule has 0 atom stereocenters. The lowest BCUT2D eigenvalue weighted by molar-refractivity contribution is -0.0195. The summed E-state index contributed by atoms with van der Waals surface area (Å²) < 4.78 is 0. The van der Waals surface area contributed by atoms with Gasteiger partial charge in [0.2, 0.25) is 12.1 Å². The molecule has 0 spiro atoms. The highest BCUT2D eigenvalue weighted by Gasteiger charge is 2.13. The standard InChI is InChI=1S/C13H18O3S/c1-9(2)7-8-17-11-5-3-10(4-6-11)12(14)13(15)16/h3-6,9,13,15-16H,7-8H2,1-2H3. The van der Waals surface area contributed by atoms with Crippen LogP contribution in [0.15, 0.2) is 29.2 Å². The van der Waals surface area contributed by atoms with E-state index in [0.717, 1.165) is 17.1 Å². The molecule has 1 rings (SSSR count). The summed E-state index contributed by atoms with van der Waals surface area (Å²) in [5.74, 6) is 1.07. The fraction of sp³-hybridized carbons (Fsp3) is 0.462. The van der Waals surface area contributed by atoms with Gasteiger partial charge in [0.05, 0.1) is 0 Å². The maximum atomic E-state index is 11.3. The minimum Gasteiger partial charge on any atom is -0.362 e. The zero-order valence-corrected chi connectivity index (χ0v) is 10.9. The number of ketones is 1. The number of aliphatic hydroxyl groups is 2. The molecule has 0 unspecified atom stereocenters. The second-order valence-corrected chi connectivity index (χ2v) is 5.46. The summed E-state index contributed by atoms with van der Waals surface area (Å²) in [4.78, 5) is 12.3. The Hall–Kier alpha value is -0.840. The first-order valence-corrected chi connectivity index (χ1v) is 6.62. The molecule has 0 amide bonds. The van der Waals surface area contributed by atoms with Gasteiger partial charge < -0.3 is 10.2 Å². The first-order valence-electron chi connectivity index (χ1n) is 5.64. The van der Waals surface area contributed by atoms with E-state index < -0.39 is 12.1 Å². The van der Waals surface area contributed by atoms with Crippen LogP contribution in [0.3, 0.4) is 0 Å². The maximum absolute atomic E-state index is 11.3. The minimum absolute atomic E-state index is 0.327. The van der Waals surface area contributed by atoms with Gasteiger partial charge in [-0.25, -0.2) is 0 Å². The van der Waals surface area contributed by atoms with E-state index in [2.05, 4.69) is 13.8 Å². The third kappa shape index (κ3) is 4.89. The van der Waals surface area contributed by atoms with Gasteiger partial charge in [-0.3, -0.25) is 4.79 Å². The monoisotopic (exact) mass is 254 g/mol. The molecule has 0 aliphatic carbocycles. The van der Waals surface area contributed by atoms with Crippen molar-refractivity contribution in [2.45, 2.75) is 31.5 Å². The van der Waals surface area contributed by atoms with Gasteiger partial charge in [-0.2, -0.15) is 0 Å². The van der Waals surface area contributed by atoms with Crippen molar-refractivity contribution in [2.75, 3.05) is 5.75 Å². The van der Waals surface area contributed by atoms with Crippen LogP contribution in [0.4, 0.5) is 0 Å². The molecule has 4 heteroatoms. The van der Waals surface area contributed by atoms with Gasteiger partial charge in [-0.1, -0.05) is 26.0 Å². The van der Waals surface area contributed by atoms with Gasteiger partial charge in [0, 0.05) is 10.5 Å². The second-order valence-electron chi connectivity index (χ2n) is 4.29. The number of rotatable bonds is 6. The molecule has 17 heavy (non-hydrogen) atoms. The summed E-state index contributed by atoms with van der Waals surface area (Å²) >= 11 is 1.74. The van der Waals surface area contributed by atoms with Crippen molar-refractivity contribution < 1.29 is 15.0 Å². The molecule has 0 aliphatic rings. The fourth-order valence-corrected chi connectivity index (χ4v) is 2.43. The van der Waals surface area contributed by atoms with Crippen molar-refractivity contribution in [2.24, 2.45) is 5.92 Å². The number of carbonyl (C=O) groups excluding carboxylic acids is 1. The molecule has 94 valence electrons. The number of thioether (sulfide) groups is 1.